The predicted molar refractivity (Wildman–Crippen MR) is 115 cm³/mol. The Balaban J connectivity index is 0.00000225. The van der Waals surface area contributed by atoms with Gasteiger partial charge in [-0.25, -0.2) is 4.99 Å². The van der Waals surface area contributed by atoms with Gasteiger partial charge >= 0.3 is 0 Å². The smallest absolute Gasteiger partial charge is 0.191 e. The summed E-state index contributed by atoms with van der Waals surface area (Å²) in [5.74, 6) is 0.819. The molecule has 136 valence electrons. The van der Waals surface area contributed by atoms with Crippen molar-refractivity contribution < 1.29 is 4.52 Å². The van der Waals surface area contributed by atoms with E-state index in [-0.39, 0.29) is 24.0 Å². The lowest BCUT2D eigenvalue weighted by atomic mass is 10.3. The molecule has 2 aromatic rings. The molecule has 0 spiro atoms. The quantitative estimate of drug-likeness (QED) is 0.360. The summed E-state index contributed by atoms with van der Waals surface area (Å²) in [5.41, 5.74) is 2.07. The van der Waals surface area contributed by atoms with Crippen LogP contribution in [0.15, 0.2) is 50.6 Å². The van der Waals surface area contributed by atoms with Crippen LogP contribution in [0.1, 0.15) is 19.0 Å². The van der Waals surface area contributed by atoms with Gasteiger partial charge in [-0.05, 0) is 41.4 Å². The van der Waals surface area contributed by atoms with Crippen molar-refractivity contribution >= 4 is 51.6 Å². The highest BCUT2D eigenvalue weighted by Crippen LogP contribution is 2.28. The van der Waals surface area contributed by atoms with Crippen LogP contribution in [-0.4, -0.2) is 36.8 Å². The molecule has 1 atom stereocenters. The highest BCUT2D eigenvalue weighted by atomic mass is 127. The maximum atomic E-state index is 4.84. The van der Waals surface area contributed by atoms with Crippen LogP contribution in [0.2, 0.25) is 0 Å². The molecule has 8 heteroatoms. The van der Waals surface area contributed by atoms with E-state index in [1.165, 1.54) is 5.69 Å². The molecule has 2 N–H and O–H groups in total. The average molecular weight is 520 g/mol. The maximum Gasteiger partial charge on any atom is 0.191 e. The van der Waals surface area contributed by atoms with Crippen LogP contribution in [0.25, 0.3) is 0 Å². The van der Waals surface area contributed by atoms with Crippen LogP contribution >= 0.6 is 39.9 Å². The van der Waals surface area contributed by atoms with Gasteiger partial charge in [0.15, 0.2) is 5.96 Å². The zero-order valence-electron chi connectivity index (χ0n) is 14.1. The lowest BCUT2D eigenvalue weighted by molar-refractivity contribution is 0.412. The molecule has 1 aliphatic heterocycles. The van der Waals surface area contributed by atoms with E-state index >= 15 is 0 Å². The molecular formula is C17H23BrIN5O. The minimum Gasteiger partial charge on any atom is -0.368 e. The first-order valence-electron chi connectivity index (χ1n) is 8.20. The number of guanidine groups is 1. The Labute approximate surface area is 173 Å². The average Bonchev–Trinajstić information content (AvgIpc) is 3.25. The number of rotatable bonds is 5. The topological polar surface area (TPSA) is 65.7 Å². The van der Waals surface area contributed by atoms with Gasteiger partial charge in [-0.15, -0.1) is 24.0 Å². The molecule has 1 unspecified atom stereocenters. The molecule has 3 rings (SSSR count). The fourth-order valence-corrected chi connectivity index (χ4v) is 3.33. The normalized spacial score (nSPS) is 17.3. The minimum atomic E-state index is 0. The van der Waals surface area contributed by atoms with E-state index < -0.39 is 0 Å². The standard InChI is InChI=1S/C17H22BrN5O.HI/c1-2-19-17(20-11-13-8-10-24-22-13)21-14-7-9-23(12-14)16-6-4-3-5-15(16)18;/h3-6,8,10,14H,2,7,9,11-12H2,1H3,(H2,19,20,21);1H. The molecule has 25 heavy (non-hydrogen) atoms. The summed E-state index contributed by atoms with van der Waals surface area (Å²) >= 11 is 3.63. The van der Waals surface area contributed by atoms with Crippen molar-refractivity contribution in [1.82, 2.24) is 15.8 Å². The van der Waals surface area contributed by atoms with Gasteiger partial charge in [-0.1, -0.05) is 17.3 Å². The van der Waals surface area contributed by atoms with E-state index in [1.54, 1.807) is 6.26 Å². The van der Waals surface area contributed by atoms with Crippen molar-refractivity contribution in [2.24, 2.45) is 4.99 Å². The van der Waals surface area contributed by atoms with Gasteiger partial charge < -0.3 is 20.1 Å². The minimum absolute atomic E-state index is 0. The Bertz CT molecular complexity index is 679. The highest BCUT2D eigenvalue weighted by molar-refractivity contribution is 14.0. The number of para-hydroxylation sites is 1. The second-order valence-corrected chi connectivity index (χ2v) is 6.57. The van der Waals surface area contributed by atoms with E-state index in [0.717, 1.165) is 42.2 Å². The van der Waals surface area contributed by atoms with Crippen LogP contribution < -0.4 is 15.5 Å². The number of aliphatic imine (C=N–C) groups is 1. The molecule has 0 bridgehead atoms. The second kappa shape index (κ2) is 10.0. The van der Waals surface area contributed by atoms with Gasteiger partial charge in [0, 0.05) is 36.2 Å². The van der Waals surface area contributed by atoms with Gasteiger partial charge in [-0.2, -0.15) is 0 Å². The number of nitrogens with one attached hydrogen (secondary N) is 2. The van der Waals surface area contributed by atoms with E-state index in [0.29, 0.717) is 12.6 Å². The van der Waals surface area contributed by atoms with Gasteiger partial charge in [0.2, 0.25) is 0 Å². The van der Waals surface area contributed by atoms with Crippen LogP contribution in [0.3, 0.4) is 0 Å². The Morgan fingerprint density at radius 3 is 2.96 bits per heavy atom. The van der Waals surface area contributed by atoms with Crippen molar-refractivity contribution in [2.45, 2.75) is 25.9 Å². The summed E-state index contributed by atoms with van der Waals surface area (Å²) in [5, 5.41) is 10.7. The molecular weight excluding hydrogens is 497 g/mol. The summed E-state index contributed by atoms with van der Waals surface area (Å²) in [4.78, 5) is 6.97. The SMILES string of the molecule is CCNC(=NCc1ccon1)NC1CCN(c2ccccc2Br)C1.I. The number of aromatic nitrogens is 1. The number of benzene rings is 1. The highest BCUT2D eigenvalue weighted by Gasteiger charge is 2.24. The van der Waals surface area contributed by atoms with Gasteiger partial charge in [0.1, 0.15) is 12.0 Å². The van der Waals surface area contributed by atoms with E-state index in [4.69, 9.17) is 4.52 Å². The van der Waals surface area contributed by atoms with Crippen molar-refractivity contribution in [3.63, 3.8) is 0 Å². The van der Waals surface area contributed by atoms with E-state index in [9.17, 15) is 0 Å². The Morgan fingerprint density at radius 2 is 2.24 bits per heavy atom. The Hall–Kier alpha value is -1.29. The lowest BCUT2D eigenvalue weighted by Crippen LogP contribution is -2.44. The van der Waals surface area contributed by atoms with E-state index in [2.05, 4.69) is 66.7 Å². The van der Waals surface area contributed by atoms with Crippen molar-refractivity contribution in [3.8, 4) is 0 Å². The number of nitrogens with zero attached hydrogens (tertiary/aromatic N) is 3. The summed E-state index contributed by atoms with van der Waals surface area (Å²) in [6.45, 7) is 5.38. The number of hydrogen-bond acceptors (Lipinski definition) is 4. The summed E-state index contributed by atoms with van der Waals surface area (Å²) in [6.07, 6.45) is 2.65. The Kier molecular flexibility index (Phi) is 8.01. The summed E-state index contributed by atoms with van der Waals surface area (Å²) in [6, 6.07) is 10.5. The number of anilines is 1. The molecule has 2 heterocycles. The summed E-state index contributed by atoms with van der Waals surface area (Å²) < 4.78 is 5.98. The van der Waals surface area contributed by atoms with Crippen LogP contribution in [0.5, 0.6) is 0 Å². The largest absolute Gasteiger partial charge is 0.368 e. The van der Waals surface area contributed by atoms with E-state index in [1.807, 2.05) is 12.1 Å². The van der Waals surface area contributed by atoms with Crippen LogP contribution in [0.4, 0.5) is 5.69 Å². The number of halogens is 2. The molecule has 0 aliphatic carbocycles. The third-order valence-corrected chi connectivity index (χ3v) is 4.63. The Morgan fingerprint density at radius 1 is 1.40 bits per heavy atom. The first kappa shape index (κ1) is 20.0. The molecule has 1 aromatic heterocycles. The van der Waals surface area contributed by atoms with Crippen molar-refractivity contribution in [1.29, 1.82) is 0 Å². The van der Waals surface area contributed by atoms with Crippen LogP contribution in [-0.2, 0) is 6.54 Å². The molecule has 6 nitrogen and oxygen atoms in total. The third-order valence-electron chi connectivity index (χ3n) is 3.96. The first-order chi connectivity index (χ1) is 11.8. The zero-order chi connectivity index (χ0) is 16.8. The van der Waals surface area contributed by atoms with Gasteiger partial charge in [0.25, 0.3) is 0 Å². The third kappa shape index (κ3) is 5.60. The fraction of sp³-hybridized carbons (Fsp3) is 0.412. The monoisotopic (exact) mass is 519 g/mol. The predicted octanol–water partition coefficient (Wildman–Crippen LogP) is 3.39. The first-order valence-corrected chi connectivity index (χ1v) is 8.99. The molecule has 1 aliphatic rings. The number of hydrogen-bond donors (Lipinski definition) is 2. The molecule has 0 radical (unpaired) electrons. The van der Waals surface area contributed by atoms with Crippen molar-refractivity contribution in [3.05, 3.63) is 46.8 Å². The molecule has 0 amide bonds. The molecule has 0 saturated carbocycles. The van der Waals surface area contributed by atoms with Crippen LogP contribution in [0, 0.1) is 0 Å². The summed E-state index contributed by atoms with van der Waals surface area (Å²) in [7, 11) is 0. The lowest BCUT2D eigenvalue weighted by Gasteiger charge is -2.21. The maximum absolute atomic E-state index is 4.84. The molecule has 1 fully saturated rings. The molecule has 1 aromatic carbocycles. The van der Waals surface area contributed by atoms with Gasteiger partial charge in [0.05, 0.1) is 12.2 Å². The fourth-order valence-electron chi connectivity index (χ4n) is 2.80. The zero-order valence-corrected chi connectivity index (χ0v) is 18.0. The van der Waals surface area contributed by atoms with Crippen molar-refractivity contribution in [2.75, 3.05) is 24.5 Å². The van der Waals surface area contributed by atoms with Gasteiger partial charge in [-0.3, -0.25) is 0 Å². The molecule has 1 saturated heterocycles. The second-order valence-electron chi connectivity index (χ2n) is 5.71.